The first kappa shape index (κ1) is 14.4. The molecule has 0 atom stereocenters. The molecule has 0 spiro atoms. The zero-order chi connectivity index (χ0) is 14.8. The Hall–Kier alpha value is -1.52. The van der Waals surface area contributed by atoms with Gasteiger partial charge in [0, 0.05) is 27.1 Å². The third-order valence-electron chi connectivity index (χ3n) is 3.47. The molecule has 3 rings (SSSR count). The summed E-state index contributed by atoms with van der Waals surface area (Å²) in [6.45, 7) is 0. The molecule has 0 N–H and O–H groups in total. The van der Waals surface area contributed by atoms with Crippen molar-refractivity contribution in [2.24, 2.45) is 0 Å². The third-order valence-corrected chi connectivity index (χ3v) is 4.93. The summed E-state index contributed by atoms with van der Waals surface area (Å²) < 4.78 is 0. The number of ketones is 2. The van der Waals surface area contributed by atoms with Crippen LogP contribution in [0.5, 0.6) is 0 Å². The zero-order valence-corrected chi connectivity index (χ0v) is 13.0. The van der Waals surface area contributed by atoms with Gasteiger partial charge in [-0.3, -0.25) is 9.59 Å². The number of carbonyl (C=O) groups excluding carboxylic acids is 2. The molecule has 2 aromatic carbocycles. The normalized spacial score (nSPS) is 13.0. The van der Waals surface area contributed by atoms with Gasteiger partial charge in [-0.2, -0.15) is 12.6 Å². The molecule has 0 unspecified atom stereocenters. The van der Waals surface area contributed by atoms with Gasteiger partial charge >= 0.3 is 0 Å². The van der Waals surface area contributed by atoms with E-state index in [0.717, 1.165) is 22.8 Å². The molecule has 0 radical (unpaired) electrons. The number of thioether (sulfide) groups is 1. The topological polar surface area (TPSA) is 34.1 Å². The first-order valence-electron chi connectivity index (χ1n) is 6.79. The molecule has 2 aromatic rings. The number of rotatable bonds is 4. The Labute approximate surface area is 133 Å². The van der Waals surface area contributed by atoms with Crippen molar-refractivity contribution in [3.63, 3.8) is 0 Å². The Balaban J connectivity index is 2.08. The molecule has 0 bridgehead atoms. The largest absolute Gasteiger partial charge is 0.289 e. The van der Waals surface area contributed by atoms with E-state index in [1.165, 1.54) is 0 Å². The fourth-order valence-electron chi connectivity index (χ4n) is 2.48. The summed E-state index contributed by atoms with van der Waals surface area (Å²) >= 11 is 5.82. The third kappa shape index (κ3) is 2.54. The molecular formula is C17H14O2S2. The maximum atomic E-state index is 12.7. The minimum Gasteiger partial charge on any atom is -0.289 e. The average Bonchev–Trinajstić information content (AvgIpc) is 2.53. The Bertz CT molecular complexity index is 722. The summed E-state index contributed by atoms with van der Waals surface area (Å²) in [7, 11) is 0. The molecule has 21 heavy (non-hydrogen) atoms. The maximum absolute atomic E-state index is 12.7. The number of hydrogen-bond donors (Lipinski definition) is 1. The number of carbonyl (C=O) groups is 2. The monoisotopic (exact) mass is 314 g/mol. The molecule has 0 aliphatic heterocycles. The van der Waals surface area contributed by atoms with Gasteiger partial charge in [0.15, 0.2) is 11.6 Å². The van der Waals surface area contributed by atoms with E-state index >= 15 is 0 Å². The van der Waals surface area contributed by atoms with Crippen LogP contribution in [0.25, 0.3) is 0 Å². The van der Waals surface area contributed by atoms with Crippen molar-refractivity contribution >= 4 is 36.0 Å². The molecule has 2 nitrogen and oxygen atoms in total. The van der Waals surface area contributed by atoms with E-state index in [0.29, 0.717) is 22.3 Å². The van der Waals surface area contributed by atoms with Crippen LogP contribution in [-0.2, 0) is 0 Å². The Morgan fingerprint density at radius 3 is 2.24 bits per heavy atom. The van der Waals surface area contributed by atoms with Gasteiger partial charge in [0.2, 0.25) is 0 Å². The number of benzene rings is 2. The summed E-state index contributed by atoms with van der Waals surface area (Å²) in [5, 5.41) is 0. The highest BCUT2D eigenvalue weighted by molar-refractivity contribution is 7.99. The number of fused-ring (bicyclic) bond motifs is 2. The quantitative estimate of drug-likeness (QED) is 0.451. The van der Waals surface area contributed by atoms with Gasteiger partial charge in [-0.1, -0.05) is 36.4 Å². The van der Waals surface area contributed by atoms with E-state index in [1.54, 1.807) is 42.1 Å². The minimum atomic E-state index is -0.0585. The van der Waals surface area contributed by atoms with Crippen molar-refractivity contribution in [3.8, 4) is 0 Å². The summed E-state index contributed by atoms with van der Waals surface area (Å²) in [6.07, 6.45) is 0.968. The van der Waals surface area contributed by atoms with Crippen molar-refractivity contribution in [2.45, 2.75) is 11.3 Å². The molecule has 4 heteroatoms. The van der Waals surface area contributed by atoms with E-state index in [2.05, 4.69) is 12.6 Å². The molecule has 0 aromatic heterocycles. The standard InChI is InChI=1S/C17H14O2S2/c18-16-11-5-1-2-6-12(11)17(19)15-13(16)7-3-8-14(15)21-10-4-9-20/h1-3,5-8,20H,4,9-10H2. The molecule has 1 aliphatic carbocycles. The molecule has 106 valence electrons. The van der Waals surface area contributed by atoms with E-state index in [1.807, 2.05) is 12.1 Å². The molecule has 0 heterocycles. The van der Waals surface area contributed by atoms with Crippen LogP contribution in [0.2, 0.25) is 0 Å². The van der Waals surface area contributed by atoms with Crippen molar-refractivity contribution in [1.82, 2.24) is 0 Å². The average molecular weight is 314 g/mol. The second kappa shape index (κ2) is 6.08. The van der Waals surface area contributed by atoms with Crippen LogP contribution in [0.15, 0.2) is 47.4 Å². The molecular weight excluding hydrogens is 300 g/mol. The minimum absolute atomic E-state index is 0.0471. The van der Waals surface area contributed by atoms with Crippen LogP contribution in [-0.4, -0.2) is 23.1 Å². The van der Waals surface area contributed by atoms with Crippen LogP contribution in [0.1, 0.15) is 38.3 Å². The van der Waals surface area contributed by atoms with Gasteiger partial charge < -0.3 is 0 Å². The van der Waals surface area contributed by atoms with Crippen LogP contribution >= 0.6 is 24.4 Å². The second-order valence-corrected chi connectivity index (χ2v) is 6.39. The predicted molar refractivity (Wildman–Crippen MR) is 88.9 cm³/mol. The van der Waals surface area contributed by atoms with Crippen LogP contribution in [0, 0.1) is 0 Å². The predicted octanol–water partition coefficient (Wildman–Crippen LogP) is 3.87. The summed E-state index contributed by atoms with van der Waals surface area (Å²) in [4.78, 5) is 26.2. The maximum Gasteiger partial charge on any atom is 0.195 e. The van der Waals surface area contributed by atoms with Gasteiger partial charge in [0.25, 0.3) is 0 Å². The molecule has 0 amide bonds. The lowest BCUT2D eigenvalue weighted by Crippen LogP contribution is -2.21. The molecule has 0 fully saturated rings. The van der Waals surface area contributed by atoms with E-state index < -0.39 is 0 Å². The van der Waals surface area contributed by atoms with Crippen LogP contribution in [0.4, 0.5) is 0 Å². The van der Waals surface area contributed by atoms with E-state index in [9.17, 15) is 9.59 Å². The smallest absolute Gasteiger partial charge is 0.195 e. The molecule has 1 aliphatic rings. The summed E-state index contributed by atoms with van der Waals surface area (Å²) in [6, 6.07) is 12.6. The SMILES string of the molecule is O=C1c2ccccc2C(=O)c2c(SCCCS)cccc21. The summed E-state index contributed by atoms with van der Waals surface area (Å²) in [5.41, 5.74) is 2.10. The van der Waals surface area contributed by atoms with Gasteiger partial charge in [-0.05, 0) is 24.0 Å². The van der Waals surface area contributed by atoms with E-state index in [4.69, 9.17) is 0 Å². The van der Waals surface area contributed by atoms with Gasteiger partial charge in [-0.25, -0.2) is 0 Å². The lowest BCUT2D eigenvalue weighted by Gasteiger charge is -2.19. The van der Waals surface area contributed by atoms with Crippen molar-refractivity contribution < 1.29 is 9.59 Å². The highest BCUT2D eigenvalue weighted by Crippen LogP contribution is 2.34. The second-order valence-electron chi connectivity index (χ2n) is 4.81. The van der Waals surface area contributed by atoms with Crippen molar-refractivity contribution in [1.29, 1.82) is 0 Å². The van der Waals surface area contributed by atoms with Crippen molar-refractivity contribution in [3.05, 3.63) is 64.7 Å². The fraction of sp³-hybridized carbons (Fsp3) is 0.176. The van der Waals surface area contributed by atoms with Crippen LogP contribution < -0.4 is 0 Å². The summed E-state index contributed by atoms with van der Waals surface area (Å²) in [5.74, 6) is 1.60. The highest BCUT2D eigenvalue weighted by atomic mass is 32.2. The van der Waals surface area contributed by atoms with Gasteiger partial charge in [0.05, 0.1) is 0 Å². The Morgan fingerprint density at radius 1 is 0.857 bits per heavy atom. The first-order valence-corrected chi connectivity index (χ1v) is 8.41. The Morgan fingerprint density at radius 2 is 1.52 bits per heavy atom. The van der Waals surface area contributed by atoms with Gasteiger partial charge in [0.1, 0.15) is 0 Å². The molecule has 0 saturated carbocycles. The van der Waals surface area contributed by atoms with Gasteiger partial charge in [-0.15, -0.1) is 11.8 Å². The number of hydrogen-bond acceptors (Lipinski definition) is 4. The Kier molecular flexibility index (Phi) is 4.17. The van der Waals surface area contributed by atoms with Crippen LogP contribution in [0.3, 0.4) is 0 Å². The fourth-order valence-corrected chi connectivity index (χ4v) is 3.88. The molecule has 0 saturated heterocycles. The zero-order valence-electron chi connectivity index (χ0n) is 11.3. The number of thiol groups is 1. The van der Waals surface area contributed by atoms with E-state index in [-0.39, 0.29) is 11.6 Å². The first-order chi connectivity index (χ1) is 10.2. The van der Waals surface area contributed by atoms with Crippen molar-refractivity contribution in [2.75, 3.05) is 11.5 Å². The lowest BCUT2D eigenvalue weighted by molar-refractivity contribution is 0.0977. The highest BCUT2D eigenvalue weighted by Gasteiger charge is 2.31. The lowest BCUT2D eigenvalue weighted by atomic mass is 9.84.